The van der Waals surface area contributed by atoms with Gasteiger partial charge in [0.2, 0.25) is 0 Å². The molecule has 2 nitrogen and oxygen atoms in total. The van der Waals surface area contributed by atoms with Crippen molar-refractivity contribution in [2.75, 3.05) is 24.6 Å². The number of hydrogen-bond acceptors (Lipinski definition) is 5. The second-order valence-corrected chi connectivity index (χ2v) is 7.07. The van der Waals surface area contributed by atoms with Crippen molar-refractivity contribution in [3.05, 3.63) is 5.73 Å². The average Bonchev–Trinajstić information content (AvgIpc) is 2.13. The Hall–Kier alpha value is 1.94. The molecule has 0 aromatic carbocycles. The zero-order valence-electron chi connectivity index (χ0n) is 8.81. The molecule has 2 aliphatic heterocycles. The first-order chi connectivity index (χ1) is 6.70. The molecule has 0 aromatic rings. The van der Waals surface area contributed by atoms with E-state index in [0.29, 0.717) is 22.3 Å². The second-order valence-electron chi connectivity index (χ2n) is 2.72. The maximum atomic E-state index is 6.33. The smallest absolute Gasteiger partial charge is 0 e. The Bertz CT molecular complexity index is 109. The van der Waals surface area contributed by atoms with Crippen LogP contribution in [0.15, 0.2) is 0 Å². The molecule has 0 saturated carbocycles. The molecule has 0 radical (unpaired) electrons. The fourth-order valence-corrected chi connectivity index (χ4v) is 2.44. The van der Waals surface area contributed by atoms with E-state index in [1.807, 2.05) is 23.5 Å². The third-order valence-corrected chi connectivity index (χ3v) is 4.90. The first kappa shape index (κ1) is 19.3. The van der Waals surface area contributed by atoms with E-state index in [1.165, 1.54) is 24.3 Å². The fraction of sp³-hybridized carbons (Fsp3) is 1.00. The van der Waals surface area contributed by atoms with Gasteiger partial charge in [-0.15, -0.1) is 15.7 Å². The van der Waals surface area contributed by atoms with E-state index in [9.17, 15) is 0 Å². The van der Waals surface area contributed by atoms with Gasteiger partial charge in [-0.3, -0.25) is 0 Å². The van der Waals surface area contributed by atoms with Crippen LogP contribution < -0.4 is 5.73 Å². The van der Waals surface area contributed by atoms with Gasteiger partial charge in [0.25, 0.3) is 0 Å². The van der Waals surface area contributed by atoms with Crippen molar-refractivity contribution in [3.63, 3.8) is 0 Å². The SMILES string of the molecule is [NH-]CCN.[S-]C1CCS1.[S-]C1CCS1.[Zn]. The fourth-order valence-electron chi connectivity index (χ4n) is 0.428. The zero-order valence-corrected chi connectivity index (χ0v) is 15.0. The summed E-state index contributed by atoms with van der Waals surface area (Å²) in [5.41, 5.74) is 11.2. The molecule has 0 aromatic heterocycles. The topological polar surface area (TPSA) is 49.8 Å². The molecule has 7 heteroatoms. The summed E-state index contributed by atoms with van der Waals surface area (Å²) in [6.07, 6.45) is 2.53. The van der Waals surface area contributed by atoms with E-state index in [1.54, 1.807) is 0 Å². The van der Waals surface area contributed by atoms with Crippen LogP contribution in [0.5, 0.6) is 0 Å². The van der Waals surface area contributed by atoms with Gasteiger partial charge in [-0.05, 0) is 18.1 Å². The van der Waals surface area contributed by atoms with Crippen molar-refractivity contribution in [2.24, 2.45) is 5.73 Å². The maximum absolute atomic E-state index is 6.33. The summed E-state index contributed by atoms with van der Waals surface area (Å²) >= 11 is 13.4. The predicted octanol–water partition coefficient (Wildman–Crippen LogP) is 1.99. The first-order valence-electron chi connectivity index (χ1n) is 4.60. The van der Waals surface area contributed by atoms with Gasteiger partial charge < -0.3 is 36.7 Å². The average molecular weight is 335 g/mol. The molecule has 2 fully saturated rings. The van der Waals surface area contributed by atoms with Crippen LogP contribution in [0.25, 0.3) is 5.73 Å². The van der Waals surface area contributed by atoms with Gasteiger partial charge in [-0.1, -0.05) is 12.8 Å². The Morgan fingerprint density at radius 1 is 1.13 bits per heavy atom. The van der Waals surface area contributed by atoms with Crippen molar-refractivity contribution in [1.29, 1.82) is 0 Å². The van der Waals surface area contributed by atoms with Gasteiger partial charge in [-0.25, -0.2) is 0 Å². The number of nitrogens with one attached hydrogen (secondary N) is 1. The van der Waals surface area contributed by atoms with E-state index < -0.39 is 0 Å². The summed E-state index contributed by atoms with van der Waals surface area (Å²) < 4.78 is 1.13. The minimum absolute atomic E-state index is 0. The number of hydrogen-bond donors (Lipinski definition) is 1. The molecule has 2 atom stereocenters. The molecule has 2 heterocycles. The Morgan fingerprint density at radius 2 is 1.33 bits per heavy atom. The number of thioether (sulfide) groups is 2. The molecule has 0 amide bonds. The molecule has 0 aliphatic carbocycles. The van der Waals surface area contributed by atoms with Crippen LogP contribution in [0, 0.1) is 0 Å². The van der Waals surface area contributed by atoms with Crippen molar-refractivity contribution < 1.29 is 19.5 Å². The van der Waals surface area contributed by atoms with Crippen LogP contribution >= 0.6 is 23.5 Å². The van der Waals surface area contributed by atoms with Crippen LogP contribution in [0.1, 0.15) is 12.8 Å². The van der Waals surface area contributed by atoms with Crippen LogP contribution in [0.2, 0.25) is 0 Å². The third-order valence-electron chi connectivity index (χ3n) is 1.46. The van der Waals surface area contributed by atoms with E-state index in [-0.39, 0.29) is 19.5 Å². The van der Waals surface area contributed by atoms with Crippen LogP contribution in [0.4, 0.5) is 0 Å². The summed E-state index contributed by atoms with van der Waals surface area (Å²) in [5, 5.41) is 0. The summed E-state index contributed by atoms with van der Waals surface area (Å²) in [5.74, 6) is 2.60. The van der Waals surface area contributed by atoms with Crippen LogP contribution in [-0.2, 0) is 44.7 Å². The Labute approximate surface area is 125 Å². The molecule has 88 valence electrons. The second kappa shape index (κ2) is 14.0. The molecular weight excluding hydrogens is 318 g/mol. The molecule has 15 heavy (non-hydrogen) atoms. The molecule has 2 unspecified atom stereocenters. The predicted molar refractivity (Wildman–Crippen MR) is 74.7 cm³/mol. The summed E-state index contributed by atoms with van der Waals surface area (Å²) in [6.45, 7) is 0.833. The normalized spacial score (nSPS) is 26.4. The largest absolute Gasteiger partial charge is 0.779 e. The molecule has 0 bridgehead atoms. The summed E-state index contributed by atoms with van der Waals surface area (Å²) in [6, 6.07) is 0. The van der Waals surface area contributed by atoms with Gasteiger partial charge in [0.05, 0.1) is 0 Å². The monoisotopic (exact) mass is 333 g/mol. The van der Waals surface area contributed by atoms with E-state index in [0.717, 1.165) is 0 Å². The molecule has 0 spiro atoms. The molecular formula is C8H17N2S4Zn-3. The van der Waals surface area contributed by atoms with Gasteiger partial charge in [0.1, 0.15) is 0 Å². The minimum Gasteiger partial charge on any atom is -0.779 e. The molecule has 2 aliphatic rings. The van der Waals surface area contributed by atoms with Crippen molar-refractivity contribution >= 4 is 48.8 Å². The van der Waals surface area contributed by atoms with Crippen molar-refractivity contribution in [1.82, 2.24) is 0 Å². The van der Waals surface area contributed by atoms with Crippen molar-refractivity contribution in [3.8, 4) is 0 Å². The summed E-state index contributed by atoms with van der Waals surface area (Å²) in [7, 11) is 0. The minimum atomic E-state index is 0. The third kappa shape index (κ3) is 13.9. The van der Waals surface area contributed by atoms with Gasteiger partial charge in [0, 0.05) is 19.5 Å². The number of rotatable bonds is 1. The zero-order chi connectivity index (χ0) is 10.8. The van der Waals surface area contributed by atoms with Gasteiger partial charge >= 0.3 is 0 Å². The molecule has 2 rings (SSSR count). The van der Waals surface area contributed by atoms with E-state index in [4.69, 9.17) is 36.7 Å². The standard InChI is InChI=1S/2C3H6S2.C2H7N2.Zn/c2*4-3-1-2-5-3;3-1-2-4;/h2*3-4H,1-2H2;3H,1-2,4H2;/q;;-1;/p-2. The number of nitrogens with two attached hydrogens (primary N) is 1. The van der Waals surface area contributed by atoms with E-state index in [2.05, 4.69) is 0 Å². The Balaban J connectivity index is 0. The van der Waals surface area contributed by atoms with Gasteiger partial charge in [0.15, 0.2) is 0 Å². The molecule has 2 saturated heterocycles. The van der Waals surface area contributed by atoms with Gasteiger partial charge in [-0.2, -0.15) is 23.5 Å². The van der Waals surface area contributed by atoms with E-state index >= 15 is 0 Å². The summed E-state index contributed by atoms with van der Waals surface area (Å²) in [4.78, 5) is 0. The maximum Gasteiger partial charge on any atom is 0 e. The Morgan fingerprint density at radius 3 is 1.33 bits per heavy atom. The Kier molecular flexibility index (Phi) is 18.0. The molecule has 3 N–H and O–H groups in total. The van der Waals surface area contributed by atoms with Crippen molar-refractivity contribution in [2.45, 2.75) is 22.0 Å². The van der Waals surface area contributed by atoms with Crippen LogP contribution in [0.3, 0.4) is 0 Å². The quantitative estimate of drug-likeness (QED) is 0.587. The van der Waals surface area contributed by atoms with Crippen LogP contribution in [-0.4, -0.2) is 33.8 Å². The first-order valence-corrected chi connectivity index (χ1v) is 7.64.